The average molecular weight is 393 g/mol. The van der Waals surface area contributed by atoms with Crippen molar-refractivity contribution in [3.05, 3.63) is 101 Å². The van der Waals surface area contributed by atoms with Crippen LogP contribution in [0.1, 0.15) is 26.3 Å². The highest BCUT2D eigenvalue weighted by Crippen LogP contribution is 2.27. The Hall–Kier alpha value is -3.37. The molecule has 0 aliphatic carbocycles. The van der Waals surface area contributed by atoms with E-state index in [1.807, 2.05) is 0 Å². The fraction of sp³-hybridized carbons (Fsp3) is 0.0435. The number of carbonyl (C=O) groups excluding carboxylic acids is 2. The first-order valence-corrected chi connectivity index (χ1v) is 8.88. The van der Waals surface area contributed by atoms with Gasteiger partial charge in [0.2, 0.25) is 0 Å². The third-order valence-electron chi connectivity index (χ3n) is 3.96. The lowest BCUT2D eigenvalue weighted by molar-refractivity contribution is 0.0733. The second-order valence-corrected chi connectivity index (χ2v) is 6.30. The van der Waals surface area contributed by atoms with E-state index in [4.69, 9.17) is 21.1 Å². The number of hydrogen-bond acceptors (Lipinski definition) is 4. The van der Waals surface area contributed by atoms with Crippen molar-refractivity contribution in [2.45, 2.75) is 0 Å². The van der Waals surface area contributed by atoms with Crippen LogP contribution in [0.4, 0.5) is 0 Å². The maximum atomic E-state index is 12.7. The third-order valence-corrected chi connectivity index (χ3v) is 4.22. The minimum absolute atomic E-state index is 0.138. The van der Waals surface area contributed by atoms with Gasteiger partial charge in [-0.15, -0.1) is 0 Å². The lowest BCUT2D eigenvalue weighted by Crippen LogP contribution is -2.11. The van der Waals surface area contributed by atoms with Gasteiger partial charge in [-0.2, -0.15) is 0 Å². The highest BCUT2D eigenvalue weighted by Gasteiger charge is 2.16. The first kappa shape index (κ1) is 19.4. The van der Waals surface area contributed by atoms with E-state index in [0.717, 1.165) is 5.56 Å². The summed E-state index contributed by atoms with van der Waals surface area (Å²) in [5.41, 5.74) is 1.48. The third kappa shape index (κ3) is 4.87. The molecule has 4 nitrogen and oxygen atoms in total. The minimum atomic E-state index is -0.551. The Morgan fingerprint density at radius 2 is 1.64 bits per heavy atom. The molecule has 140 valence electrons. The van der Waals surface area contributed by atoms with Crippen LogP contribution in [-0.2, 0) is 0 Å². The van der Waals surface area contributed by atoms with Gasteiger partial charge in [0, 0.05) is 11.1 Å². The Bertz CT molecular complexity index is 1010. The number of hydrogen-bond donors (Lipinski definition) is 0. The van der Waals surface area contributed by atoms with Gasteiger partial charge in [0.15, 0.2) is 5.78 Å². The summed E-state index contributed by atoms with van der Waals surface area (Å²) in [5.74, 6) is -0.230. The molecule has 0 saturated heterocycles. The zero-order chi connectivity index (χ0) is 19.9. The van der Waals surface area contributed by atoms with E-state index in [0.29, 0.717) is 16.3 Å². The number of rotatable bonds is 6. The number of allylic oxidation sites excluding steroid dienone is 1. The summed E-state index contributed by atoms with van der Waals surface area (Å²) >= 11 is 5.87. The summed E-state index contributed by atoms with van der Waals surface area (Å²) in [4.78, 5) is 25.1. The van der Waals surface area contributed by atoms with Crippen molar-refractivity contribution in [1.29, 1.82) is 0 Å². The molecule has 0 spiro atoms. The zero-order valence-electron chi connectivity index (χ0n) is 15.1. The number of esters is 1. The summed E-state index contributed by atoms with van der Waals surface area (Å²) in [6.45, 7) is 0. The van der Waals surface area contributed by atoms with Crippen LogP contribution in [0, 0.1) is 0 Å². The molecule has 3 rings (SSSR count). The quantitative estimate of drug-likeness (QED) is 0.242. The van der Waals surface area contributed by atoms with Gasteiger partial charge >= 0.3 is 5.97 Å². The highest BCUT2D eigenvalue weighted by molar-refractivity contribution is 6.30. The van der Waals surface area contributed by atoms with E-state index in [2.05, 4.69) is 0 Å². The molecule has 0 aliphatic rings. The van der Waals surface area contributed by atoms with E-state index >= 15 is 0 Å². The molecule has 0 unspecified atom stereocenters. The first-order valence-electron chi connectivity index (χ1n) is 8.50. The van der Waals surface area contributed by atoms with Gasteiger partial charge in [-0.3, -0.25) is 4.79 Å². The SMILES string of the molecule is COc1ccc(C(=O)/C=C/c2ccc(Cl)cc2)c(OC(=O)c2ccccc2)c1. The highest BCUT2D eigenvalue weighted by atomic mass is 35.5. The fourth-order valence-electron chi connectivity index (χ4n) is 2.49. The van der Waals surface area contributed by atoms with E-state index < -0.39 is 5.97 Å². The molecule has 28 heavy (non-hydrogen) atoms. The van der Waals surface area contributed by atoms with Crippen LogP contribution in [0.2, 0.25) is 5.02 Å². The summed E-state index contributed by atoms with van der Waals surface area (Å²) in [7, 11) is 1.50. The van der Waals surface area contributed by atoms with Gasteiger partial charge in [0.1, 0.15) is 11.5 Å². The Balaban J connectivity index is 1.86. The smallest absolute Gasteiger partial charge is 0.343 e. The van der Waals surface area contributed by atoms with E-state index in [1.54, 1.807) is 72.8 Å². The summed E-state index contributed by atoms with van der Waals surface area (Å²) in [6, 6.07) is 20.4. The largest absolute Gasteiger partial charge is 0.497 e. The second kappa shape index (κ2) is 9.02. The van der Waals surface area contributed by atoms with Crippen molar-refractivity contribution in [1.82, 2.24) is 0 Å². The van der Waals surface area contributed by atoms with E-state index in [9.17, 15) is 9.59 Å². The molecular weight excluding hydrogens is 376 g/mol. The van der Waals surface area contributed by atoms with Crippen molar-refractivity contribution >= 4 is 29.4 Å². The average Bonchev–Trinajstić information content (AvgIpc) is 2.73. The van der Waals surface area contributed by atoms with Gasteiger partial charge in [0.05, 0.1) is 18.2 Å². The lowest BCUT2D eigenvalue weighted by Gasteiger charge is -2.10. The van der Waals surface area contributed by atoms with Gasteiger partial charge in [-0.25, -0.2) is 4.79 Å². The Morgan fingerprint density at radius 1 is 0.929 bits per heavy atom. The Labute approximate surface area is 168 Å². The van der Waals surface area contributed by atoms with Gasteiger partial charge in [-0.1, -0.05) is 48.0 Å². The molecule has 3 aromatic rings. The van der Waals surface area contributed by atoms with Crippen LogP contribution < -0.4 is 9.47 Å². The van der Waals surface area contributed by atoms with E-state index in [1.165, 1.54) is 19.3 Å². The number of methoxy groups -OCH3 is 1. The predicted octanol–water partition coefficient (Wildman–Crippen LogP) is 5.46. The predicted molar refractivity (Wildman–Crippen MR) is 109 cm³/mol. The molecule has 3 aromatic carbocycles. The number of ketones is 1. The number of ether oxygens (including phenoxy) is 2. The molecule has 0 fully saturated rings. The van der Waals surface area contributed by atoms with Crippen LogP contribution in [0.25, 0.3) is 6.08 Å². The maximum absolute atomic E-state index is 12.7. The maximum Gasteiger partial charge on any atom is 0.343 e. The Kier molecular flexibility index (Phi) is 6.25. The molecule has 0 N–H and O–H groups in total. The van der Waals surface area contributed by atoms with Crippen LogP contribution in [-0.4, -0.2) is 18.9 Å². The normalized spacial score (nSPS) is 10.6. The van der Waals surface area contributed by atoms with Crippen LogP contribution in [0.5, 0.6) is 11.5 Å². The van der Waals surface area contributed by atoms with Crippen LogP contribution in [0.15, 0.2) is 78.9 Å². The summed E-state index contributed by atoms with van der Waals surface area (Å²) < 4.78 is 10.7. The molecule has 0 atom stereocenters. The van der Waals surface area contributed by atoms with Crippen molar-refractivity contribution in [3.63, 3.8) is 0 Å². The van der Waals surface area contributed by atoms with Crippen molar-refractivity contribution in [2.75, 3.05) is 7.11 Å². The summed E-state index contributed by atoms with van der Waals surface area (Å²) in [6.07, 6.45) is 3.09. The topological polar surface area (TPSA) is 52.6 Å². The van der Waals surface area contributed by atoms with Crippen LogP contribution in [0.3, 0.4) is 0 Å². The molecule has 0 amide bonds. The fourth-order valence-corrected chi connectivity index (χ4v) is 2.61. The molecule has 0 aliphatic heterocycles. The molecule has 0 saturated carbocycles. The molecule has 0 aromatic heterocycles. The number of halogens is 1. The zero-order valence-corrected chi connectivity index (χ0v) is 15.8. The molecular formula is C23H17ClO4. The molecule has 0 bridgehead atoms. The van der Waals surface area contributed by atoms with Gasteiger partial charge < -0.3 is 9.47 Å². The van der Waals surface area contributed by atoms with Crippen molar-refractivity contribution < 1.29 is 19.1 Å². The van der Waals surface area contributed by atoms with E-state index in [-0.39, 0.29) is 17.1 Å². The van der Waals surface area contributed by atoms with Crippen molar-refractivity contribution in [2.24, 2.45) is 0 Å². The summed E-state index contributed by atoms with van der Waals surface area (Å²) in [5, 5.41) is 0.619. The van der Waals surface area contributed by atoms with Gasteiger partial charge in [0.25, 0.3) is 0 Å². The molecule has 0 radical (unpaired) electrons. The monoisotopic (exact) mass is 392 g/mol. The van der Waals surface area contributed by atoms with Crippen LogP contribution >= 0.6 is 11.6 Å². The molecule has 5 heteroatoms. The van der Waals surface area contributed by atoms with Crippen molar-refractivity contribution in [3.8, 4) is 11.5 Å². The lowest BCUT2D eigenvalue weighted by atomic mass is 10.1. The number of carbonyl (C=O) groups is 2. The minimum Gasteiger partial charge on any atom is -0.497 e. The first-order chi connectivity index (χ1) is 13.6. The number of benzene rings is 3. The standard InChI is InChI=1S/C23H17ClO4/c1-27-19-12-13-20(21(25)14-9-16-7-10-18(24)11-8-16)22(15-19)28-23(26)17-5-3-2-4-6-17/h2-15H,1H3/b14-9+. The van der Waals surface area contributed by atoms with Gasteiger partial charge in [-0.05, 0) is 48.0 Å². The molecule has 0 heterocycles. The second-order valence-electron chi connectivity index (χ2n) is 5.87. The Morgan fingerprint density at radius 3 is 2.32 bits per heavy atom.